The maximum Gasteiger partial charge on any atom is 0.157 e. The van der Waals surface area contributed by atoms with Crippen LogP contribution in [-0.2, 0) is 0 Å². The van der Waals surface area contributed by atoms with Crippen molar-refractivity contribution in [2.75, 3.05) is 12.4 Å². The fourth-order valence-electron chi connectivity index (χ4n) is 1.24. The van der Waals surface area contributed by atoms with E-state index < -0.39 is 0 Å². The molecule has 1 heterocycles. The van der Waals surface area contributed by atoms with Crippen LogP contribution in [0.15, 0.2) is 12.3 Å². The molecule has 1 aliphatic carbocycles. The summed E-state index contributed by atoms with van der Waals surface area (Å²) < 4.78 is 5.58. The second-order valence-corrected chi connectivity index (χ2v) is 3.26. The van der Waals surface area contributed by atoms with Gasteiger partial charge >= 0.3 is 0 Å². The van der Waals surface area contributed by atoms with Crippen molar-refractivity contribution in [1.29, 1.82) is 0 Å². The smallest absolute Gasteiger partial charge is 0.157 e. The van der Waals surface area contributed by atoms with Gasteiger partial charge in [0.25, 0.3) is 0 Å². The van der Waals surface area contributed by atoms with Crippen LogP contribution >= 0.6 is 0 Å². The minimum absolute atomic E-state index is 0.292. The molecule has 4 nitrogen and oxygen atoms in total. The van der Waals surface area contributed by atoms with E-state index >= 15 is 0 Å². The van der Waals surface area contributed by atoms with Crippen LogP contribution in [-0.4, -0.2) is 24.4 Å². The number of carbonyl (C=O) groups is 1. The molecule has 0 atom stereocenters. The zero-order valence-corrected chi connectivity index (χ0v) is 7.99. The van der Waals surface area contributed by atoms with Crippen LogP contribution in [0.25, 0.3) is 0 Å². The summed E-state index contributed by atoms with van der Waals surface area (Å²) in [5.41, 5.74) is 0.502. The zero-order chi connectivity index (χ0) is 9.97. The molecule has 0 saturated heterocycles. The number of hydrogen-bond donors (Lipinski definition) is 1. The number of nitrogens with one attached hydrogen (secondary N) is 1. The molecule has 0 spiro atoms. The van der Waals surface area contributed by atoms with Crippen molar-refractivity contribution in [2.45, 2.75) is 18.9 Å². The monoisotopic (exact) mass is 192 g/mol. The van der Waals surface area contributed by atoms with Gasteiger partial charge in [-0.05, 0) is 18.9 Å². The summed E-state index contributed by atoms with van der Waals surface area (Å²) in [6.45, 7) is 0. The number of pyridine rings is 1. The first kappa shape index (κ1) is 8.99. The van der Waals surface area contributed by atoms with E-state index in [1.54, 1.807) is 19.3 Å². The number of carbonyl (C=O) groups excluding carboxylic acids is 1. The van der Waals surface area contributed by atoms with Gasteiger partial charge in [0.15, 0.2) is 6.29 Å². The van der Waals surface area contributed by atoms with Gasteiger partial charge in [0.05, 0.1) is 11.7 Å². The van der Waals surface area contributed by atoms with Crippen LogP contribution in [0.5, 0.6) is 5.75 Å². The number of aromatic nitrogens is 1. The van der Waals surface area contributed by atoms with Gasteiger partial charge < -0.3 is 10.1 Å². The van der Waals surface area contributed by atoms with E-state index in [1.807, 2.05) is 0 Å². The van der Waals surface area contributed by atoms with Crippen molar-refractivity contribution in [3.63, 3.8) is 0 Å². The van der Waals surface area contributed by atoms with Crippen molar-refractivity contribution >= 4 is 12.1 Å². The highest BCUT2D eigenvalue weighted by atomic mass is 16.5. The van der Waals surface area contributed by atoms with Gasteiger partial charge in [0.2, 0.25) is 0 Å². The third-order valence-corrected chi connectivity index (χ3v) is 2.12. The Morgan fingerprint density at radius 3 is 3.00 bits per heavy atom. The molecular formula is C10H12N2O2. The standard InChI is InChI=1S/C10H12N2O2/c1-11-10-8(6-13)9(4-5-12-10)14-7-2-3-7/h4-7H,2-3H2,1H3,(H,11,12). The van der Waals surface area contributed by atoms with Crippen LogP contribution in [0.1, 0.15) is 23.2 Å². The van der Waals surface area contributed by atoms with Gasteiger partial charge in [-0.3, -0.25) is 4.79 Å². The predicted octanol–water partition coefficient (Wildman–Crippen LogP) is 1.48. The molecule has 0 aliphatic heterocycles. The summed E-state index contributed by atoms with van der Waals surface area (Å²) in [7, 11) is 1.73. The number of ether oxygens (including phenoxy) is 1. The minimum atomic E-state index is 0.292. The lowest BCUT2D eigenvalue weighted by Crippen LogP contribution is -2.03. The van der Waals surface area contributed by atoms with E-state index in [9.17, 15) is 4.79 Å². The molecular weight excluding hydrogens is 180 g/mol. The van der Waals surface area contributed by atoms with E-state index in [0.29, 0.717) is 23.2 Å². The van der Waals surface area contributed by atoms with Crippen molar-refractivity contribution in [2.24, 2.45) is 0 Å². The second kappa shape index (κ2) is 3.65. The molecule has 1 aromatic heterocycles. The third-order valence-electron chi connectivity index (χ3n) is 2.12. The summed E-state index contributed by atoms with van der Waals surface area (Å²) in [5, 5.41) is 2.86. The van der Waals surface area contributed by atoms with Gasteiger partial charge in [0, 0.05) is 13.2 Å². The lowest BCUT2D eigenvalue weighted by molar-refractivity contribution is 0.111. The Labute approximate surface area is 82.3 Å². The maximum absolute atomic E-state index is 10.8. The van der Waals surface area contributed by atoms with Crippen LogP contribution < -0.4 is 10.1 Å². The van der Waals surface area contributed by atoms with Gasteiger partial charge in [0.1, 0.15) is 11.6 Å². The average Bonchev–Trinajstić information content (AvgIpc) is 3.01. The highest BCUT2D eigenvalue weighted by molar-refractivity contribution is 5.86. The molecule has 1 aliphatic rings. The topological polar surface area (TPSA) is 51.2 Å². The SMILES string of the molecule is CNc1nccc(OC2CC2)c1C=O. The Bertz CT molecular complexity index is 348. The lowest BCUT2D eigenvalue weighted by Gasteiger charge is -2.09. The van der Waals surface area contributed by atoms with Crippen LogP contribution in [0.4, 0.5) is 5.82 Å². The predicted molar refractivity (Wildman–Crippen MR) is 52.8 cm³/mol. The number of rotatable bonds is 4. The first-order valence-corrected chi connectivity index (χ1v) is 4.63. The fraction of sp³-hybridized carbons (Fsp3) is 0.400. The summed E-state index contributed by atoms with van der Waals surface area (Å²) in [5.74, 6) is 1.19. The Kier molecular flexibility index (Phi) is 2.35. The molecule has 1 fully saturated rings. The normalized spacial score (nSPS) is 14.9. The molecule has 0 unspecified atom stereocenters. The Morgan fingerprint density at radius 2 is 2.43 bits per heavy atom. The lowest BCUT2D eigenvalue weighted by atomic mass is 10.2. The highest BCUT2D eigenvalue weighted by Crippen LogP contribution is 2.30. The zero-order valence-electron chi connectivity index (χ0n) is 7.99. The first-order chi connectivity index (χ1) is 6.85. The summed E-state index contributed by atoms with van der Waals surface area (Å²) >= 11 is 0. The molecule has 0 aromatic carbocycles. The number of aldehydes is 1. The van der Waals surface area contributed by atoms with E-state index in [4.69, 9.17) is 4.74 Å². The molecule has 4 heteroatoms. The quantitative estimate of drug-likeness (QED) is 0.734. The Hall–Kier alpha value is -1.58. The first-order valence-electron chi connectivity index (χ1n) is 4.63. The molecule has 1 N–H and O–H groups in total. The molecule has 0 radical (unpaired) electrons. The van der Waals surface area contributed by atoms with Gasteiger partial charge in [-0.25, -0.2) is 4.98 Å². The number of anilines is 1. The van der Waals surface area contributed by atoms with Gasteiger partial charge in [-0.2, -0.15) is 0 Å². The van der Waals surface area contributed by atoms with Crippen molar-refractivity contribution in [1.82, 2.24) is 4.98 Å². The summed E-state index contributed by atoms with van der Waals surface area (Å²) in [6.07, 6.45) is 4.86. The highest BCUT2D eigenvalue weighted by Gasteiger charge is 2.25. The Morgan fingerprint density at radius 1 is 1.64 bits per heavy atom. The van der Waals surface area contributed by atoms with Crippen molar-refractivity contribution in [3.05, 3.63) is 17.8 Å². The minimum Gasteiger partial charge on any atom is -0.489 e. The van der Waals surface area contributed by atoms with Gasteiger partial charge in [-0.15, -0.1) is 0 Å². The van der Waals surface area contributed by atoms with E-state index in [1.165, 1.54) is 0 Å². The largest absolute Gasteiger partial charge is 0.489 e. The molecule has 14 heavy (non-hydrogen) atoms. The molecule has 0 bridgehead atoms. The molecule has 1 saturated carbocycles. The van der Waals surface area contributed by atoms with E-state index in [-0.39, 0.29) is 0 Å². The number of nitrogens with zero attached hydrogens (tertiary/aromatic N) is 1. The second-order valence-electron chi connectivity index (χ2n) is 3.26. The Balaban J connectivity index is 2.30. The molecule has 74 valence electrons. The average molecular weight is 192 g/mol. The van der Waals surface area contributed by atoms with Crippen LogP contribution in [0.3, 0.4) is 0 Å². The van der Waals surface area contributed by atoms with Crippen LogP contribution in [0.2, 0.25) is 0 Å². The van der Waals surface area contributed by atoms with Crippen molar-refractivity contribution < 1.29 is 9.53 Å². The van der Waals surface area contributed by atoms with Crippen LogP contribution in [0, 0.1) is 0 Å². The van der Waals surface area contributed by atoms with Crippen molar-refractivity contribution in [3.8, 4) is 5.75 Å². The summed E-state index contributed by atoms with van der Waals surface area (Å²) in [4.78, 5) is 14.9. The van der Waals surface area contributed by atoms with E-state index in [0.717, 1.165) is 19.1 Å². The number of hydrogen-bond acceptors (Lipinski definition) is 4. The van der Waals surface area contributed by atoms with Gasteiger partial charge in [-0.1, -0.05) is 0 Å². The summed E-state index contributed by atoms with van der Waals surface area (Å²) in [6, 6.07) is 1.73. The van der Waals surface area contributed by atoms with E-state index in [2.05, 4.69) is 10.3 Å². The molecule has 1 aromatic rings. The third kappa shape index (κ3) is 1.69. The molecule has 2 rings (SSSR count). The fourth-order valence-corrected chi connectivity index (χ4v) is 1.24. The molecule has 0 amide bonds. The maximum atomic E-state index is 10.8.